The van der Waals surface area contributed by atoms with Gasteiger partial charge in [0.15, 0.2) is 5.82 Å². The van der Waals surface area contributed by atoms with Gasteiger partial charge in [0.05, 0.1) is 11.6 Å². The van der Waals surface area contributed by atoms with Gasteiger partial charge in [-0.05, 0) is 74.3 Å². The predicted molar refractivity (Wildman–Crippen MR) is 113 cm³/mol. The van der Waals surface area contributed by atoms with Crippen LogP contribution in [-0.4, -0.2) is 42.1 Å². The molecule has 1 atom stereocenters. The highest BCUT2D eigenvalue weighted by Crippen LogP contribution is 2.43. The van der Waals surface area contributed by atoms with E-state index in [-0.39, 0.29) is 11.5 Å². The van der Waals surface area contributed by atoms with Crippen molar-refractivity contribution in [3.8, 4) is 5.95 Å². The van der Waals surface area contributed by atoms with Gasteiger partial charge >= 0.3 is 6.18 Å². The lowest BCUT2D eigenvalue weighted by atomic mass is 10.0. The van der Waals surface area contributed by atoms with E-state index in [0.717, 1.165) is 31.7 Å². The predicted octanol–water partition coefficient (Wildman–Crippen LogP) is 4.57. The van der Waals surface area contributed by atoms with Gasteiger partial charge in [0.25, 0.3) is 11.9 Å². The first-order chi connectivity index (χ1) is 15.8. The summed E-state index contributed by atoms with van der Waals surface area (Å²) in [7, 11) is 0. The molecule has 2 aliphatic rings. The summed E-state index contributed by atoms with van der Waals surface area (Å²) >= 11 is 0. The van der Waals surface area contributed by atoms with Crippen molar-refractivity contribution >= 4 is 5.91 Å². The number of aromatic nitrogens is 5. The van der Waals surface area contributed by atoms with Crippen molar-refractivity contribution in [2.75, 3.05) is 6.54 Å². The van der Waals surface area contributed by atoms with Crippen LogP contribution in [0.15, 0.2) is 43.0 Å². The van der Waals surface area contributed by atoms with Crippen molar-refractivity contribution in [3.05, 3.63) is 65.5 Å². The normalized spacial score (nSPS) is 17.1. The molecule has 5 rings (SSSR count). The first kappa shape index (κ1) is 21.5. The molecule has 2 saturated carbocycles. The highest BCUT2D eigenvalue weighted by Gasteiger charge is 2.37. The number of amides is 1. The van der Waals surface area contributed by atoms with Crippen LogP contribution in [0.2, 0.25) is 0 Å². The van der Waals surface area contributed by atoms with Gasteiger partial charge in [-0.2, -0.15) is 23.0 Å². The summed E-state index contributed by atoms with van der Waals surface area (Å²) in [5.41, 5.74) is -0.149. The van der Waals surface area contributed by atoms with Crippen LogP contribution in [-0.2, 0) is 6.18 Å². The van der Waals surface area contributed by atoms with Gasteiger partial charge in [-0.25, -0.2) is 15.0 Å². The van der Waals surface area contributed by atoms with Crippen molar-refractivity contribution < 1.29 is 18.0 Å². The van der Waals surface area contributed by atoms with Crippen molar-refractivity contribution in [2.24, 2.45) is 5.92 Å². The van der Waals surface area contributed by atoms with Gasteiger partial charge in [0, 0.05) is 24.5 Å². The number of nitrogens with zero attached hydrogens (tertiary/aromatic N) is 6. The molecule has 1 amide bonds. The molecule has 172 valence electrons. The monoisotopic (exact) mass is 456 g/mol. The van der Waals surface area contributed by atoms with Gasteiger partial charge in [-0.3, -0.25) is 4.79 Å². The summed E-state index contributed by atoms with van der Waals surface area (Å²) < 4.78 is 42.2. The van der Waals surface area contributed by atoms with Crippen molar-refractivity contribution in [2.45, 2.75) is 50.7 Å². The van der Waals surface area contributed by atoms with Gasteiger partial charge in [-0.1, -0.05) is 0 Å². The van der Waals surface area contributed by atoms with E-state index >= 15 is 0 Å². The Labute approximate surface area is 188 Å². The topological polar surface area (TPSA) is 76.8 Å². The molecule has 0 spiro atoms. The zero-order chi connectivity index (χ0) is 23.2. The number of rotatable bonds is 7. The zero-order valence-electron chi connectivity index (χ0n) is 18.0. The molecule has 0 radical (unpaired) electrons. The first-order valence-electron chi connectivity index (χ1n) is 11.0. The maximum absolute atomic E-state index is 13.6. The molecule has 7 nitrogen and oxygen atoms in total. The first-order valence-corrected chi connectivity index (χ1v) is 11.0. The summed E-state index contributed by atoms with van der Waals surface area (Å²) in [6, 6.07) is 4.89. The molecular weight excluding hydrogens is 433 g/mol. The van der Waals surface area contributed by atoms with Crippen LogP contribution in [0.3, 0.4) is 0 Å². The number of carbonyl (C=O) groups is 1. The van der Waals surface area contributed by atoms with Crippen molar-refractivity contribution in [3.63, 3.8) is 0 Å². The molecule has 10 heteroatoms. The van der Waals surface area contributed by atoms with E-state index in [9.17, 15) is 18.0 Å². The van der Waals surface area contributed by atoms with Crippen LogP contribution >= 0.6 is 0 Å². The molecule has 0 saturated heterocycles. The van der Waals surface area contributed by atoms with E-state index in [4.69, 9.17) is 0 Å². The SMILES string of the molecule is CC(c1ncnn1-c1ncccn1)N(CC1CC1)C(=O)c1cc(C2CC2)cc(C(F)(F)F)c1. The van der Waals surface area contributed by atoms with E-state index in [2.05, 4.69) is 20.1 Å². The summed E-state index contributed by atoms with van der Waals surface area (Å²) in [5, 5.41) is 4.20. The van der Waals surface area contributed by atoms with Crippen LogP contribution in [0.1, 0.15) is 71.9 Å². The maximum Gasteiger partial charge on any atom is 0.416 e. The third kappa shape index (κ3) is 4.60. The summed E-state index contributed by atoms with van der Waals surface area (Å²) in [4.78, 5) is 28.0. The molecule has 1 unspecified atom stereocenters. The fourth-order valence-electron chi connectivity index (χ4n) is 3.98. The molecule has 0 N–H and O–H groups in total. The highest BCUT2D eigenvalue weighted by molar-refractivity contribution is 5.95. The molecule has 2 aliphatic carbocycles. The number of alkyl halides is 3. The van der Waals surface area contributed by atoms with Gasteiger partial charge in [0.2, 0.25) is 0 Å². The average Bonchev–Trinajstić information content (AvgIpc) is 3.74. The molecule has 2 aromatic heterocycles. The second-order valence-corrected chi connectivity index (χ2v) is 8.77. The molecule has 1 aromatic carbocycles. The molecule has 2 fully saturated rings. The Kier molecular flexibility index (Phi) is 5.38. The third-order valence-electron chi connectivity index (χ3n) is 6.15. The zero-order valence-corrected chi connectivity index (χ0v) is 18.0. The lowest BCUT2D eigenvalue weighted by Crippen LogP contribution is -2.37. The summed E-state index contributed by atoms with van der Waals surface area (Å²) in [6.45, 7) is 2.25. The third-order valence-corrected chi connectivity index (χ3v) is 6.15. The summed E-state index contributed by atoms with van der Waals surface area (Å²) in [6.07, 6.45) is 3.66. The standard InChI is InChI=1S/C23H23F3N6O/c1-14(20-29-13-30-32(20)22-27-7-2-8-28-22)31(12-15-3-4-15)21(33)18-9-17(16-5-6-16)10-19(11-18)23(24,25)26/h2,7-11,13-16H,3-6,12H2,1H3. The highest BCUT2D eigenvalue weighted by atomic mass is 19.4. The minimum Gasteiger partial charge on any atom is -0.328 e. The second kappa shape index (κ2) is 8.24. The largest absolute Gasteiger partial charge is 0.416 e. The van der Waals surface area contributed by atoms with Crippen LogP contribution in [0.25, 0.3) is 5.95 Å². The van der Waals surface area contributed by atoms with E-state index < -0.39 is 23.7 Å². The van der Waals surface area contributed by atoms with Crippen molar-refractivity contribution in [1.82, 2.24) is 29.6 Å². The summed E-state index contributed by atoms with van der Waals surface area (Å²) in [5.74, 6) is 0.738. The Morgan fingerprint density at radius 2 is 1.85 bits per heavy atom. The average molecular weight is 456 g/mol. The lowest BCUT2D eigenvalue weighted by molar-refractivity contribution is -0.137. The fourth-order valence-corrected chi connectivity index (χ4v) is 3.98. The number of hydrogen-bond donors (Lipinski definition) is 0. The molecule has 2 heterocycles. The van der Waals surface area contributed by atoms with E-state index in [1.807, 2.05) is 0 Å². The maximum atomic E-state index is 13.6. The Balaban J connectivity index is 1.51. The Bertz CT molecular complexity index is 1150. The number of hydrogen-bond acceptors (Lipinski definition) is 5. The number of halogens is 3. The van der Waals surface area contributed by atoms with Crippen LogP contribution < -0.4 is 0 Å². The molecule has 0 bridgehead atoms. The fraction of sp³-hybridized carbons (Fsp3) is 0.435. The minimum atomic E-state index is -4.52. The molecule has 0 aliphatic heterocycles. The Morgan fingerprint density at radius 1 is 1.12 bits per heavy atom. The number of carbonyl (C=O) groups excluding carboxylic acids is 1. The van der Waals surface area contributed by atoms with E-state index in [1.165, 1.54) is 17.1 Å². The van der Waals surface area contributed by atoms with Gasteiger partial charge < -0.3 is 4.90 Å². The lowest BCUT2D eigenvalue weighted by Gasteiger charge is -2.29. The second-order valence-electron chi connectivity index (χ2n) is 8.77. The number of benzene rings is 1. The van der Waals surface area contributed by atoms with Crippen LogP contribution in [0.5, 0.6) is 0 Å². The minimum absolute atomic E-state index is 0.0567. The van der Waals surface area contributed by atoms with E-state index in [1.54, 1.807) is 36.4 Å². The Morgan fingerprint density at radius 3 is 2.48 bits per heavy atom. The van der Waals surface area contributed by atoms with Gasteiger partial charge in [-0.15, -0.1) is 0 Å². The van der Waals surface area contributed by atoms with Crippen LogP contribution in [0, 0.1) is 5.92 Å². The van der Waals surface area contributed by atoms with E-state index in [0.29, 0.717) is 29.8 Å². The van der Waals surface area contributed by atoms with Gasteiger partial charge in [0.1, 0.15) is 6.33 Å². The molecule has 33 heavy (non-hydrogen) atoms. The molecule has 3 aromatic rings. The quantitative estimate of drug-likeness (QED) is 0.521. The molecular formula is C23H23F3N6O. The Hall–Kier alpha value is -3.30. The van der Waals surface area contributed by atoms with Crippen LogP contribution in [0.4, 0.5) is 13.2 Å². The van der Waals surface area contributed by atoms with Crippen molar-refractivity contribution in [1.29, 1.82) is 0 Å². The smallest absolute Gasteiger partial charge is 0.328 e.